The fourth-order valence-electron chi connectivity index (χ4n) is 3.32. The highest BCUT2D eigenvalue weighted by molar-refractivity contribution is 7.14. The topological polar surface area (TPSA) is 50.7 Å². The molecule has 4 rings (SSSR count). The van der Waals surface area contributed by atoms with Crippen LogP contribution in [0.25, 0.3) is 0 Å². The number of thiophene rings is 1. The van der Waals surface area contributed by atoms with Crippen molar-refractivity contribution < 1.29 is 9.53 Å². The number of hydrazone groups is 1. The molecule has 1 amide bonds. The Morgan fingerprint density at radius 2 is 1.96 bits per heavy atom. The molecule has 1 heterocycles. The maximum absolute atomic E-state index is 12.4. The van der Waals surface area contributed by atoms with Crippen molar-refractivity contribution in [1.29, 1.82) is 0 Å². The van der Waals surface area contributed by atoms with Crippen molar-refractivity contribution in [2.75, 3.05) is 0 Å². The number of ether oxygens (including phenoxy) is 1. The van der Waals surface area contributed by atoms with E-state index in [4.69, 9.17) is 4.74 Å². The van der Waals surface area contributed by atoms with Gasteiger partial charge in [-0.05, 0) is 66.6 Å². The third kappa shape index (κ3) is 4.49. The van der Waals surface area contributed by atoms with Crippen molar-refractivity contribution in [2.24, 2.45) is 11.0 Å². The molecule has 0 saturated heterocycles. The molecule has 142 valence electrons. The molecule has 1 aliphatic rings. The maximum atomic E-state index is 12.4. The molecule has 0 radical (unpaired) electrons. The van der Waals surface area contributed by atoms with Crippen LogP contribution in [-0.4, -0.2) is 12.1 Å². The van der Waals surface area contributed by atoms with Gasteiger partial charge in [0.15, 0.2) is 0 Å². The molecule has 4 nitrogen and oxygen atoms in total. The number of nitrogens with zero attached hydrogens (tertiary/aromatic N) is 1. The Bertz CT molecular complexity index is 995. The van der Waals surface area contributed by atoms with Gasteiger partial charge in [-0.1, -0.05) is 37.3 Å². The number of amides is 1. The zero-order valence-electron chi connectivity index (χ0n) is 15.7. The fraction of sp³-hybridized carbons (Fsp3) is 0.217. The van der Waals surface area contributed by atoms with Gasteiger partial charge in [0.1, 0.15) is 11.5 Å². The van der Waals surface area contributed by atoms with Crippen LogP contribution in [0, 0.1) is 5.92 Å². The van der Waals surface area contributed by atoms with Crippen molar-refractivity contribution in [3.05, 3.63) is 81.5 Å². The van der Waals surface area contributed by atoms with E-state index >= 15 is 0 Å². The SMILES string of the molecule is C[C@H]1CCc2sc(C(=O)N/N=C\c3cccc(Oc4ccccc4)c3)cc2C1. The number of benzene rings is 2. The fourth-order valence-corrected chi connectivity index (χ4v) is 4.42. The van der Waals surface area contributed by atoms with E-state index in [2.05, 4.69) is 17.5 Å². The third-order valence-corrected chi connectivity index (χ3v) is 6.01. The molecule has 0 fully saturated rings. The summed E-state index contributed by atoms with van der Waals surface area (Å²) in [5, 5.41) is 4.11. The number of aryl methyl sites for hydroxylation is 1. The van der Waals surface area contributed by atoms with Gasteiger partial charge < -0.3 is 4.74 Å². The first-order valence-electron chi connectivity index (χ1n) is 9.45. The molecule has 2 aromatic carbocycles. The second-order valence-electron chi connectivity index (χ2n) is 7.09. The summed E-state index contributed by atoms with van der Waals surface area (Å²) < 4.78 is 5.82. The van der Waals surface area contributed by atoms with E-state index in [1.165, 1.54) is 16.9 Å². The minimum atomic E-state index is -0.153. The number of hydrogen-bond acceptors (Lipinski definition) is 4. The van der Waals surface area contributed by atoms with Crippen LogP contribution < -0.4 is 10.2 Å². The van der Waals surface area contributed by atoms with E-state index in [0.717, 1.165) is 34.8 Å². The number of hydrogen-bond donors (Lipinski definition) is 1. The van der Waals surface area contributed by atoms with Gasteiger partial charge in [-0.3, -0.25) is 4.79 Å². The first-order chi connectivity index (χ1) is 13.7. The number of para-hydroxylation sites is 1. The Morgan fingerprint density at radius 1 is 1.14 bits per heavy atom. The summed E-state index contributed by atoms with van der Waals surface area (Å²) >= 11 is 1.59. The highest BCUT2D eigenvalue weighted by Gasteiger charge is 2.20. The van der Waals surface area contributed by atoms with Crippen LogP contribution in [0.5, 0.6) is 11.5 Å². The number of rotatable bonds is 5. The third-order valence-electron chi connectivity index (χ3n) is 4.77. The smallest absolute Gasteiger partial charge is 0.281 e. The molecule has 1 atom stereocenters. The minimum Gasteiger partial charge on any atom is -0.457 e. The van der Waals surface area contributed by atoms with Crippen molar-refractivity contribution >= 4 is 23.5 Å². The van der Waals surface area contributed by atoms with E-state index < -0.39 is 0 Å². The van der Waals surface area contributed by atoms with Crippen LogP contribution in [0.1, 0.15) is 39.0 Å². The number of nitrogens with one attached hydrogen (secondary N) is 1. The van der Waals surface area contributed by atoms with E-state index in [9.17, 15) is 4.79 Å². The molecule has 1 aliphatic carbocycles. The summed E-state index contributed by atoms with van der Waals surface area (Å²) in [5.41, 5.74) is 4.81. The quantitative estimate of drug-likeness (QED) is 0.466. The zero-order chi connectivity index (χ0) is 19.3. The summed E-state index contributed by atoms with van der Waals surface area (Å²) in [6.07, 6.45) is 4.97. The van der Waals surface area contributed by atoms with Crippen molar-refractivity contribution in [3.8, 4) is 11.5 Å². The molecule has 0 saturated carbocycles. The summed E-state index contributed by atoms with van der Waals surface area (Å²) in [4.78, 5) is 14.5. The van der Waals surface area contributed by atoms with Gasteiger partial charge in [0, 0.05) is 4.88 Å². The summed E-state index contributed by atoms with van der Waals surface area (Å²) in [5.74, 6) is 2.05. The highest BCUT2D eigenvalue weighted by atomic mass is 32.1. The van der Waals surface area contributed by atoms with Gasteiger partial charge >= 0.3 is 0 Å². The Kier molecular flexibility index (Phi) is 5.53. The van der Waals surface area contributed by atoms with Gasteiger partial charge in [-0.15, -0.1) is 11.3 Å². The van der Waals surface area contributed by atoms with Gasteiger partial charge in [-0.2, -0.15) is 5.10 Å². The van der Waals surface area contributed by atoms with Crippen LogP contribution in [-0.2, 0) is 12.8 Å². The van der Waals surface area contributed by atoms with E-state index in [1.807, 2.05) is 60.7 Å². The summed E-state index contributed by atoms with van der Waals surface area (Å²) in [6, 6.07) is 19.2. The van der Waals surface area contributed by atoms with Gasteiger partial charge in [-0.25, -0.2) is 5.43 Å². The Labute approximate surface area is 168 Å². The molecule has 3 aromatic rings. The molecule has 0 unspecified atom stereocenters. The first-order valence-corrected chi connectivity index (χ1v) is 10.3. The average Bonchev–Trinajstić information content (AvgIpc) is 3.12. The van der Waals surface area contributed by atoms with Gasteiger partial charge in [0.2, 0.25) is 0 Å². The number of carbonyl (C=O) groups excluding carboxylic acids is 1. The average molecular weight is 391 g/mol. The molecule has 0 spiro atoms. The minimum absolute atomic E-state index is 0.153. The molecule has 0 aliphatic heterocycles. The highest BCUT2D eigenvalue weighted by Crippen LogP contribution is 2.32. The summed E-state index contributed by atoms with van der Waals surface area (Å²) in [7, 11) is 0. The largest absolute Gasteiger partial charge is 0.457 e. The lowest BCUT2D eigenvalue weighted by Gasteiger charge is -2.16. The predicted molar refractivity (Wildman–Crippen MR) is 114 cm³/mol. The van der Waals surface area contributed by atoms with E-state index in [-0.39, 0.29) is 5.91 Å². The number of fused-ring (bicyclic) bond motifs is 1. The Morgan fingerprint density at radius 3 is 2.82 bits per heavy atom. The lowest BCUT2D eigenvalue weighted by Crippen LogP contribution is -2.16. The Balaban J connectivity index is 1.38. The molecular formula is C23H22N2O2S. The molecular weight excluding hydrogens is 368 g/mol. The lowest BCUT2D eigenvalue weighted by atomic mass is 9.90. The van der Waals surface area contributed by atoms with Crippen LogP contribution in [0.4, 0.5) is 0 Å². The monoisotopic (exact) mass is 390 g/mol. The maximum Gasteiger partial charge on any atom is 0.281 e. The second-order valence-corrected chi connectivity index (χ2v) is 8.23. The van der Waals surface area contributed by atoms with E-state index in [1.54, 1.807) is 17.6 Å². The zero-order valence-corrected chi connectivity index (χ0v) is 16.5. The van der Waals surface area contributed by atoms with Gasteiger partial charge in [0.25, 0.3) is 5.91 Å². The normalized spacial score (nSPS) is 16.0. The van der Waals surface area contributed by atoms with Crippen LogP contribution in [0.3, 0.4) is 0 Å². The standard InChI is InChI=1S/C23H22N2O2S/c1-16-10-11-21-18(12-16)14-22(28-21)23(26)25-24-15-17-6-5-9-20(13-17)27-19-7-3-2-4-8-19/h2-9,13-16H,10-12H2,1H3,(H,25,26)/b24-15-/t16-/m0/s1. The summed E-state index contributed by atoms with van der Waals surface area (Å²) in [6.45, 7) is 2.26. The molecule has 28 heavy (non-hydrogen) atoms. The molecule has 1 N–H and O–H groups in total. The molecule has 5 heteroatoms. The van der Waals surface area contributed by atoms with Crippen LogP contribution >= 0.6 is 11.3 Å². The number of carbonyl (C=O) groups is 1. The predicted octanol–water partition coefficient (Wildman–Crippen LogP) is 5.43. The van der Waals surface area contributed by atoms with Crippen molar-refractivity contribution in [2.45, 2.75) is 26.2 Å². The first kappa shape index (κ1) is 18.4. The second kappa shape index (κ2) is 8.40. The molecule has 0 bridgehead atoms. The lowest BCUT2D eigenvalue weighted by molar-refractivity contribution is 0.0959. The van der Waals surface area contributed by atoms with Gasteiger partial charge in [0.05, 0.1) is 11.1 Å². The Hall–Kier alpha value is -2.92. The molecule has 1 aromatic heterocycles. The van der Waals surface area contributed by atoms with Crippen molar-refractivity contribution in [3.63, 3.8) is 0 Å². The van der Waals surface area contributed by atoms with Crippen molar-refractivity contribution in [1.82, 2.24) is 5.43 Å². The van der Waals surface area contributed by atoms with Crippen LogP contribution in [0.2, 0.25) is 0 Å². The van der Waals surface area contributed by atoms with Crippen LogP contribution in [0.15, 0.2) is 65.8 Å². The van der Waals surface area contributed by atoms with E-state index in [0.29, 0.717) is 5.92 Å².